The summed E-state index contributed by atoms with van der Waals surface area (Å²) in [5, 5.41) is 10.9. The zero-order valence-corrected chi connectivity index (χ0v) is 15.0. The Balaban J connectivity index is 1.85. The molecule has 0 aliphatic rings. The topological polar surface area (TPSA) is 54.2 Å². The number of hydrogen-bond acceptors (Lipinski definition) is 2. The number of rotatable bonds is 8. The van der Waals surface area contributed by atoms with Crippen LogP contribution in [-0.2, 0) is 12.0 Å². The Morgan fingerprint density at radius 1 is 1.17 bits per heavy atom. The number of aryl methyl sites for hydroxylation is 1. The van der Waals surface area contributed by atoms with Gasteiger partial charge in [-0.2, -0.15) is 5.10 Å². The number of benzene rings is 1. The zero-order valence-electron chi connectivity index (χ0n) is 15.0. The maximum atomic E-state index is 4.77. The third-order valence-electron chi connectivity index (χ3n) is 3.95. The Hall–Kier alpha value is -2.30. The van der Waals surface area contributed by atoms with Gasteiger partial charge in [0.2, 0.25) is 0 Å². The van der Waals surface area contributed by atoms with Gasteiger partial charge in [-0.3, -0.25) is 9.67 Å². The van der Waals surface area contributed by atoms with Gasteiger partial charge in [-0.05, 0) is 25.0 Å². The molecule has 0 bridgehead atoms. The lowest BCUT2D eigenvalue weighted by Gasteiger charge is -2.24. The van der Waals surface area contributed by atoms with E-state index in [1.165, 1.54) is 5.56 Å². The van der Waals surface area contributed by atoms with E-state index in [0.717, 1.165) is 38.6 Å². The van der Waals surface area contributed by atoms with Crippen LogP contribution in [-0.4, -0.2) is 35.4 Å². The summed E-state index contributed by atoms with van der Waals surface area (Å²) in [6.45, 7) is 9.93. The molecule has 0 unspecified atom stereocenters. The molecule has 5 heteroatoms. The molecule has 0 radical (unpaired) electrons. The second-order valence-corrected chi connectivity index (χ2v) is 6.49. The van der Waals surface area contributed by atoms with E-state index in [1.54, 1.807) is 0 Å². The molecule has 0 aliphatic carbocycles. The van der Waals surface area contributed by atoms with Crippen molar-refractivity contribution in [1.29, 1.82) is 0 Å². The molecule has 0 amide bonds. The van der Waals surface area contributed by atoms with Crippen molar-refractivity contribution in [3.8, 4) is 0 Å². The lowest BCUT2D eigenvalue weighted by atomic mass is 9.85. The minimum Gasteiger partial charge on any atom is -0.357 e. The standard InChI is InChI=1S/C19H29N5/c1-4-20-18(21-12-8-14-24-15-9-13-23-24)22-16-19(2,3)17-10-6-5-7-11-17/h5-7,9-11,13,15H,4,8,12,14,16H2,1-3H3,(H2,20,21,22). The van der Waals surface area contributed by atoms with Crippen LogP contribution in [0.15, 0.2) is 53.8 Å². The fraction of sp³-hybridized carbons (Fsp3) is 0.474. The molecule has 1 aromatic heterocycles. The van der Waals surface area contributed by atoms with Gasteiger partial charge in [0.25, 0.3) is 0 Å². The minimum atomic E-state index is 0.0126. The normalized spacial score (nSPS) is 12.2. The first-order valence-corrected chi connectivity index (χ1v) is 8.67. The van der Waals surface area contributed by atoms with Gasteiger partial charge in [0, 0.05) is 37.4 Å². The number of aliphatic imine (C=N–C) groups is 1. The second kappa shape index (κ2) is 9.11. The fourth-order valence-electron chi connectivity index (χ4n) is 2.48. The predicted octanol–water partition coefficient (Wildman–Crippen LogP) is 2.81. The van der Waals surface area contributed by atoms with E-state index in [9.17, 15) is 0 Å². The summed E-state index contributed by atoms with van der Waals surface area (Å²) >= 11 is 0. The van der Waals surface area contributed by atoms with Gasteiger partial charge in [-0.1, -0.05) is 44.2 Å². The van der Waals surface area contributed by atoms with E-state index in [1.807, 2.05) is 29.2 Å². The second-order valence-electron chi connectivity index (χ2n) is 6.49. The van der Waals surface area contributed by atoms with E-state index in [4.69, 9.17) is 4.99 Å². The zero-order chi connectivity index (χ0) is 17.3. The summed E-state index contributed by atoms with van der Waals surface area (Å²) in [7, 11) is 0. The van der Waals surface area contributed by atoms with Crippen LogP contribution in [0.4, 0.5) is 0 Å². The number of hydrogen-bond donors (Lipinski definition) is 2. The summed E-state index contributed by atoms with van der Waals surface area (Å²) in [4.78, 5) is 4.77. The molecular formula is C19H29N5. The van der Waals surface area contributed by atoms with E-state index in [-0.39, 0.29) is 5.41 Å². The maximum Gasteiger partial charge on any atom is 0.191 e. The molecule has 2 aromatic rings. The van der Waals surface area contributed by atoms with Crippen molar-refractivity contribution in [1.82, 2.24) is 20.4 Å². The van der Waals surface area contributed by atoms with Crippen molar-refractivity contribution >= 4 is 5.96 Å². The summed E-state index contributed by atoms with van der Waals surface area (Å²) in [6, 6.07) is 12.5. The van der Waals surface area contributed by atoms with Gasteiger partial charge >= 0.3 is 0 Å². The summed E-state index contributed by atoms with van der Waals surface area (Å²) in [6.07, 6.45) is 4.81. The number of aromatic nitrogens is 2. The van der Waals surface area contributed by atoms with Crippen LogP contribution in [0.25, 0.3) is 0 Å². The molecule has 24 heavy (non-hydrogen) atoms. The van der Waals surface area contributed by atoms with Gasteiger partial charge in [0.1, 0.15) is 0 Å². The molecular weight excluding hydrogens is 298 g/mol. The van der Waals surface area contributed by atoms with E-state index < -0.39 is 0 Å². The highest BCUT2D eigenvalue weighted by Crippen LogP contribution is 2.22. The van der Waals surface area contributed by atoms with Crippen molar-refractivity contribution in [2.24, 2.45) is 4.99 Å². The fourth-order valence-corrected chi connectivity index (χ4v) is 2.48. The monoisotopic (exact) mass is 327 g/mol. The maximum absolute atomic E-state index is 4.77. The summed E-state index contributed by atoms with van der Waals surface area (Å²) in [5.41, 5.74) is 1.32. The van der Waals surface area contributed by atoms with Gasteiger partial charge in [-0.15, -0.1) is 0 Å². The van der Waals surface area contributed by atoms with Crippen LogP contribution in [0, 0.1) is 0 Å². The van der Waals surface area contributed by atoms with E-state index in [2.05, 4.69) is 60.8 Å². The van der Waals surface area contributed by atoms with Crippen LogP contribution in [0.2, 0.25) is 0 Å². The van der Waals surface area contributed by atoms with Crippen molar-refractivity contribution in [2.45, 2.75) is 39.2 Å². The van der Waals surface area contributed by atoms with Gasteiger partial charge < -0.3 is 10.6 Å². The average Bonchev–Trinajstić information content (AvgIpc) is 3.11. The molecule has 5 nitrogen and oxygen atoms in total. The first kappa shape index (κ1) is 18.0. The number of nitrogens with one attached hydrogen (secondary N) is 2. The van der Waals surface area contributed by atoms with Crippen molar-refractivity contribution in [2.75, 3.05) is 19.6 Å². The quantitative estimate of drug-likeness (QED) is 0.445. The van der Waals surface area contributed by atoms with Gasteiger partial charge in [0.05, 0.1) is 6.54 Å². The van der Waals surface area contributed by atoms with Crippen LogP contribution >= 0.6 is 0 Å². The van der Waals surface area contributed by atoms with Crippen LogP contribution < -0.4 is 10.6 Å². The Morgan fingerprint density at radius 3 is 2.62 bits per heavy atom. The Bertz CT molecular complexity index is 602. The Kier molecular flexibility index (Phi) is 6.85. The molecule has 2 rings (SSSR count). The molecule has 0 atom stereocenters. The molecule has 1 heterocycles. The number of guanidine groups is 1. The molecule has 2 N–H and O–H groups in total. The first-order chi connectivity index (χ1) is 11.6. The molecule has 0 saturated carbocycles. The SMILES string of the molecule is CCNC(=NCC(C)(C)c1ccccc1)NCCCn1cccn1. The highest BCUT2D eigenvalue weighted by Gasteiger charge is 2.19. The lowest BCUT2D eigenvalue weighted by molar-refractivity contribution is 0.535. The van der Waals surface area contributed by atoms with Gasteiger partial charge in [-0.25, -0.2) is 0 Å². The first-order valence-electron chi connectivity index (χ1n) is 8.67. The van der Waals surface area contributed by atoms with E-state index >= 15 is 0 Å². The Labute approximate surface area is 145 Å². The highest BCUT2D eigenvalue weighted by atomic mass is 15.3. The molecule has 0 aliphatic heterocycles. The molecule has 0 spiro atoms. The van der Waals surface area contributed by atoms with Crippen LogP contribution in [0.3, 0.4) is 0 Å². The van der Waals surface area contributed by atoms with Crippen molar-refractivity contribution in [3.05, 3.63) is 54.4 Å². The number of nitrogens with zero attached hydrogens (tertiary/aromatic N) is 3. The van der Waals surface area contributed by atoms with Crippen LogP contribution in [0.5, 0.6) is 0 Å². The summed E-state index contributed by atoms with van der Waals surface area (Å²) in [5.74, 6) is 0.877. The smallest absolute Gasteiger partial charge is 0.191 e. The minimum absolute atomic E-state index is 0.0126. The average molecular weight is 327 g/mol. The van der Waals surface area contributed by atoms with Gasteiger partial charge in [0.15, 0.2) is 5.96 Å². The molecule has 1 aromatic carbocycles. The largest absolute Gasteiger partial charge is 0.357 e. The summed E-state index contributed by atoms with van der Waals surface area (Å²) < 4.78 is 1.95. The molecule has 130 valence electrons. The lowest BCUT2D eigenvalue weighted by Crippen LogP contribution is -2.39. The van der Waals surface area contributed by atoms with E-state index in [0.29, 0.717) is 0 Å². The van der Waals surface area contributed by atoms with Crippen LogP contribution in [0.1, 0.15) is 32.8 Å². The van der Waals surface area contributed by atoms with Crippen molar-refractivity contribution in [3.63, 3.8) is 0 Å². The third-order valence-corrected chi connectivity index (χ3v) is 3.95. The molecule has 0 saturated heterocycles. The predicted molar refractivity (Wildman–Crippen MR) is 100 cm³/mol. The van der Waals surface area contributed by atoms with Crippen molar-refractivity contribution < 1.29 is 0 Å². The molecule has 0 fully saturated rings. The highest BCUT2D eigenvalue weighted by molar-refractivity contribution is 5.79. The third kappa shape index (κ3) is 5.72. The Morgan fingerprint density at radius 2 is 1.96 bits per heavy atom.